The molecule has 0 bridgehead atoms. The Morgan fingerprint density at radius 2 is 2.00 bits per heavy atom. The van der Waals surface area contributed by atoms with Crippen molar-refractivity contribution < 1.29 is 4.92 Å². The molecule has 21 heavy (non-hydrogen) atoms. The Morgan fingerprint density at radius 3 is 2.76 bits per heavy atom. The Kier molecular flexibility index (Phi) is 3.61. The van der Waals surface area contributed by atoms with Crippen LogP contribution in [0.25, 0.3) is 11.0 Å². The van der Waals surface area contributed by atoms with Crippen molar-refractivity contribution in [1.29, 1.82) is 0 Å². The lowest BCUT2D eigenvalue weighted by molar-refractivity contribution is -0.384. The van der Waals surface area contributed by atoms with Crippen LogP contribution in [-0.4, -0.2) is 14.9 Å². The highest BCUT2D eigenvalue weighted by molar-refractivity contribution is 5.79. The summed E-state index contributed by atoms with van der Waals surface area (Å²) in [6, 6.07) is 10.5. The van der Waals surface area contributed by atoms with Crippen LogP contribution in [0.1, 0.15) is 11.1 Å². The van der Waals surface area contributed by atoms with Crippen molar-refractivity contribution in [2.24, 2.45) is 0 Å². The summed E-state index contributed by atoms with van der Waals surface area (Å²) in [4.78, 5) is 17.6. The monoisotopic (exact) mass is 282 g/mol. The molecule has 0 amide bonds. The van der Waals surface area contributed by atoms with Crippen LogP contribution in [-0.2, 0) is 13.1 Å². The number of hydrogen-bond donors (Lipinski definition) is 2. The molecule has 6 heteroatoms. The van der Waals surface area contributed by atoms with Crippen molar-refractivity contribution in [3.63, 3.8) is 0 Å². The zero-order valence-electron chi connectivity index (χ0n) is 11.2. The third-order valence-corrected chi connectivity index (χ3v) is 3.33. The molecular formula is C15H14N4O2. The van der Waals surface area contributed by atoms with E-state index >= 15 is 0 Å². The molecule has 0 radical (unpaired) electrons. The fourth-order valence-corrected chi connectivity index (χ4v) is 2.24. The number of aromatic amines is 1. The molecule has 106 valence electrons. The van der Waals surface area contributed by atoms with Gasteiger partial charge in [-0.25, -0.2) is 4.98 Å². The highest BCUT2D eigenvalue weighted by atomic mass is 16.6. The number of hydrogen-bond acceptors (Lipinski definition) is 4. The van der Waals surface area contributed by atoms with Gasteiger partial charge >= 0.3 is 0 Å². The van der Waals surface area contributed by atoms with Crippen molar-refractivity contribution in [1.82, 2.24) is 15.3 Å². The van der Waals surface area contributed by atoms with Crippen molar-refractivity contribution in [3.8, 4) is 0 Å². The van der Waals surface area contributed by atoms with Gasteiger partial charge in [-0.2, -0.15) is 0 Å². The summed E-state index contributed by atoms with van der Waals surface area (Å²) in [7, 11) is 0. The van der Waals surface area contributed by atoms with Gasteiger partial charge in [0.1, 0.15) is 5.65 Å². The van der Waals surface area contributed by atoms with Crippen LogP contribution in [0.4, 0.5) is 5.69 Å². The Hall–Kier alpha value is -2.73. The van der Waals surface area contributed by atoms with Crippen LogP contribution >= 0.6 is 0 Å². The molecule has 0 spiro atoms. The van der Waals surface area contributed by atoms with Crippen LogP contribution in [0, 0.1) is 10.1 Å². The molecule has 0 fully saturated rings. The quantitative estimate of drug-likeness (QED) is 0.556. The normalized spacial score (nSPS) is 10.9. The van der Waals surface area contributed by atoms with Crippen LogP contribution < -0.4 is 5.32 Å². The number of benzene rings is 1. The zero-order valence-corrected chi connectivity index (χ0v) is 11.2. The highest BCUT2D eigenvalue weighted by Crippen LogP contribution is 2.16. The molecule has 6 nitrogen and oxygen atoms in total. The lowest BCUT2D eigenvalue weighted by Crippen LogP contribution is -2.12. The highest BCUT2D eigenvalue weighted by Gasteiger charge is 2.05. The van der Waals surface area contributed by atoms with E-state index in [9.17, 15) is 10.1 Å². The first kappa shape index (κ1) is 13.3. The summed E-state index contributed by atoms with van der Waals surface area (Å²) >= 11 is 0. The van der Waals surface area contributed by atoms with Crippen LogP contribution in [0.2, 0.25) is 0 Å². The van der Waals surface area contributed by atoms with Gasteiger partial charge in [-0.3, -0.25) is 10.1 Å². The lowest BCUT2D eigenvalue weighted by Gasteiger charge is -2.04. The van der Waals surface area contributed by atoms with Crippen molar-refractivity contribution in [2.45, 2.75) is 13.1 Å². The average molecular weight is 282 g/mol. The van der Waals surface area contributed by atoms with Crippen LogP contribution in [0.15, 0.2) is 48.8 Å². The summed E-state index contributed by atoms with van der Waals surface area (Å²) in [5, 5.41) is 15.0. The first-order chi connectivity index (χ1) is 10.2. The number of nitro groups is 1. The predicted molar refractivity (Wildman–Crippen MR) is 79.7 cm³/mol. The fourth-order valence-electron chi connectivity index (χ4n) is 2.24. The van der Waals surface area contributed by atoms with Gasteiger partial charge in [0, 0.05) is 43.0 Å². The minimum atomic E-state index is -0.393. The maximum Gasteiger partial charge on any atom is 0.269 e. The van der Waals surface area contributed by atoms with Gasteiger partial charge in [-0.1, -0.05) is 12.1 Å². The number of rotatable bonds is 5. The van der Waals surface area contributed by atoms with E-state index < -0.39 is 4.92 Å². The maximum atomic E-state index is 10.6. The molecule has 0 aliphatic rings. The predicted octanol–water partition coefficient (Wildman–Crippen LogP) is 2.76. The Balaban J connectivity index is 1.62. The van der Waals surface area contributed by atoms with Crippen molar-refractivity contribution in [2.75, 3.05) is 0 Å². The summed E-state index contributed by atoms with van der Waals surface area (Å²) in [6.07, 6.45) is 3.70. The number of nitro benzene ring substituents is 1. The molecule has 2 heterocycles. The average Bonchev–Trinajstić information content (AvgIpc) is 2.91. The largest absolute Gasteiger partial charge is 0.346 e. The van der Waals surface area contributed by atoms with Crippen molar-refractivity contribution >= 4 is 16.7 Å². The molecule has 0 aliphatic carbocycles. The molecule has 0 saturated heterocycles. The number of fused-ring (bicyclic) bond motifs is 1. The smallest absolute Gasteiger partial charge is 0.269 e. The molecule has 3 rings (SSSR count). The van der Waals surface area contributed by atoms with Gasteiger partial charge in [0.25, 0.3) is 5.69 Å². The van der Waals surface area contributed by atoms with E-state index in [1.165, 1.54) is 12.1 Å². The number of nitrogens with one attached hydrogen (secondary N) is 2. The molecule has 0 unspecified atom stereocenters. The minimum Gasteiger partial charge on any atom is -0.346 e. The molecule has 3 aromatic rings. The number of non-ortho nitro benzene ring substituents is 1. The first-order valence-corrected chi connectivity index (χ1v) is 6.59. The fraction of sp³-hybridized carbons (Fsp3) is 0.133. The zero-order chi connectivity index (χ0) is 14.7. The summed E-state index contributed by atoms with van der Waals surface area (Å²) in [5.74, 6) is 0. The van der Waals surface area contributed by atoms with E-state index in [4.69, 9.17) is 0 Å². The van der Waals surface area contributed by atoms with Gasteiger partial charge < -0.3 is 10.3 Å². The molecular weight excluding hydrogens is 268 g/mol. The standard InChI is InChI=1S/C15H14N4O2/c20-19(21)13-5-3-11(4-6-13)8-16-9-12-10-18-15-14(12)2-1-7-17-15/h1-7,10,16H,8-9H2,(H,17,18). The van der Waals surface area contributed by atoms with E-state index in [0.717, 1.165) is 22.2 Å². The third kappa shape index (κ3) is 2.90. The van der Waals surface area contributed by atoms with Crippen LogP contribution in [0.3, 0.4) is 0 Å². The number of pyridine rings is 1. The van der Waals surface area contributed by atoms with Gasteiger partial charge in [0.2, 0.25) is 0 Å². The van der Waals surface area contributed by atoms with Crippen molar-refractivity contribution in [3.05, 3.63) is 70.0 Å². The molecule has 2 N–H and O–H groups in total. The molecule has 0 aliphatic heterocycles. The minimum absolute atomic E-state index is 0.112. The van der Waals surface area contributed by atoms with Gasteiger partial charge in [0.05, 0.1) is 4.92 Å². The van der Waals surface area contributed by atoms with E-state index in [1.54, 1.807) is 18.3 Å². The second-order valence-electron chi connectivity index (χ2n) is 4.74. The topological polar surface area (TPSA) is 83.9 Å². The molecule has 2 aromatic heterocycles. The number of H-pyrrole nitrogens is 1. The molecule has 0 saturated carbocycles. The third-order valence-electron chi connectivity index (χ3n) is 3.33. The number of nitrogens with zero attached hydrogens (tertiary/aromatic N) is 2. The van der Waals surface area contributed by atoms with Gasteiger partial charge in [-0.05, 0) is 23.3 Å². The van der Waals surface area contributed by atoms with E-state index in [2.05, 4.69) is 15.3 Å². The van der Waals surface area contributed by atoms with E-state index in [0.29, 0.717) is 13.1 Å². The SMILES string of the molecule is O=[N+]([O-])c1ccc(CNCc2c[nH]c3ncccc23)cc1. The summed E-state index contributed by atoms with van der Waals surface area (Å²) in [6.45, 7) is 1.37. The molecule has 0 atom stereocenters. The van der Waals surface area contributed by atoms with Crippen LogP contribution in [0.5, 0.6) is 0 Å². The van der Waals surface area contributed by atoms with Gasteiger partial charge in [0.15, 0.2) is 0 Å². The Bertz CT molecular complexity index is 765. The Labute approximate surface area is 121 Å². The summed E-state index contributed by atoms with van der Waals surface area (Å²) in [5.41, 5.74) is 3.16. The maximum absolute atomic E-state index is 10.6. The summed E-state index contributed by atoms with van der Waals surface area (Å²) < 4.78 is 0. The number of aromatic nitrogens is 2. The second kappa shape index (κ2) is 5.72. The van der Waals surface area contributed by atoms with E-state index in [1.807, 2.05) is 18.3 Å². The lowest BCUT2D eigenvalue weighted by atomic mass is 10.2. The Morgan fingerprint density at radius 1 is 1.19 bits per heavy atom. The molecule has 1 aromatic carbocycles. The van der Waals surface area contributed by atoms with E-state index in [-0.39, 0.29) is 5.69 Å². The second-order valence-corrected chi connectivity index (χ2v) is 4.74. The first-order valence-electron chi connectivity index (χ1n) is 6.59. The van der Waals surface area contributed by atoms with Gasteiger partial charge in [-0.15, -0.1) is 0 Å².